The number of benzene rings is 10. The fraction of sp³-hybridized carbons (Fsp3) is 0.178. The maximum atomic E-state index is 2.46. The zero-order chi connectivity index (χ0) is 50.0. The van der Waals surface area contributed by atoms with Gasteiger partial charge in [0.15, 0.2) is 0 Å². The summed E-state index contributed by atoms with van der Waals surface area (Å²) in [7, 11) is 0. The van der Waals surface area contributed by atoms with Crippen molar-refractivity contribution >= 4 is 34.1 Å². The first-order valence-electron chi connectivity index (χ1n) is 27.5. The Kier molecular flexibility index (Phi) is 11.3. The first kappa shape index (κ1) is 45.4. The van der Waals surface area contributed by atoms with E-state index in [4.69, 9.17) is 0 Å². The van der Waals surface area contributed by atoms with Gasteiger partial charge in [0.1, 0.15) is 0 Å². The Morgan fingerprint density at radius 3 is 1.13 bits per heavy atom. The summed E-state index contributed by atoms with van der Waals surface area (Å²) >= 11 is 0. The van der Waals surface area contributed by atoms with Crippen molar-refractivity contribution in [1.82, 2.24) is 0 Å². The molecule has 10 aromatic rings. The van der Waals surface area contributed by atoms with E-state index in [0.717, 1.165) is 58.0 Å². The highest BCUT2D eigenvalue weighted by Gasteiger charge is 2.48. The highest BCUT2D eigenvalue weighted by atomic mass is 15.1. The normalized spacial score (nSPS) is 19.6. The van der Waals surface area contributed by atoms with Gasteiger partial charge in [-0.2, -0.15) is 0 Å². The fourth-order valence-electron chi connectivity index (χ4n) is 14.6. The zero-order valence-corrected chi connectivity index (χ0v) is 43.0. The van der Waals surface area contributed by atoms with Crippen LogP contribution in [0.4, 0.5) is 34.1 Å². The molecule has 15 rings (SSSR count). The van der Waals surface area contributed by atoms with E-state index in [-0.39, 0.29) is 5.41 Å². The molecule has 5 aliphatic rings. The molecule has 0 radical (unpaired) electrons. The maximum Gasteiger partial charge on any atom is 0.0465 e. The molecule has 0 aromatic heterocycles. The molecule has 2 heteroatoms. The minimum absolute atomic E-state index is 0.102. The number of para-hydroxylation sites is 2. The van der Waals surface area contributed by atoms with Crippen molar-refractivity contribution in [2.75, 3.05) is 9.80 Å². The van der Waals surface area contributed by atoms with Crippen LogP contribution in [0.2, 0.25) is 0 Å². The molecule has 4 saturated carbocycles. The number of nitrogens with zero attached hydrogens (tertiary/aromatic N) is 2. The predicted octanol–water partition coefficient (Wildman–Crippen LogP) is 20.1. The molecule has 5 aliphatic carbocycles. The second kappa shape index (κ2) is 18.6. The highest BCUT2D eigenvalue weighted by Crippen LogP contribution is 2.60. The molecule has 0 unspecified atom stereocenters. The lowest BCUT2D eigenvalue weighted by Gasteiger charge is -2.54. The van der Waals surface area contributed by atoms with Crippen molar-refractivity contribution in [3.8, 4) is 55.6 Å². The highest BCUT2D eigenvalue weighted by molar-refractivity contribution is 5.96. The third-order valence-corrected chi connectivity index (χ3v) is 17.8. The summed E-state index contributed by atoms with van der Waals surface area (Å²) in [5.74, 6) is 4.42. The summed E-state index contributed by atoms with van der Waals surface area (Å²) in [6.07, 6.45) is 7.26. The number of anilines is 6. The molecule has 0 spiro atoms. The van der Waals surface area contributed by atoms with Crippen LogP contribution in [-0.4, -0.2) is 0 Å². The summed E-state index contributed by atoms with van der Waals surface area (Å²) in [6.45, 7) is 4.72. The Balaban J connectivity index is 0.840. The Labute approximate surface area is 443 Å². The van der Waals surface area contributed by atoms with Crippen LogP contribution in [-0.2, 0) is 5.41 Å². The lowest BCUT2D eigenvalue weighted by atomic mass is 9.51. The first-order valence-corrected chi connectivity index (χ1v) is 27.5. The quantitative estimate of drug-likeness (QED) is 0.127. The van der Waals surface area contributed by atoms with Crippen LogP contribution < -0.4 is 9.80 Å². The van der Waals surface area contributed by atoms with Gasteiger partial charge in [0.2, 0.25) is 0 Å². The third-order valence-electron chi connectivity index (χ3n) is 17.8. The van der Waals surface area contributed by atoms with E-state index in [2.05, 4.69) is 272 Å². The van der Waals surface area contributed by atoms with Crippen molar-refractivity contribution in [1.29, 1.82) is 0 Å². The van der Waals surface area contributed by atoms with Crippen LogP contribution >= 0.6 is 0 Å². The minimum Gasteiger partial charge on any atom is -0.311 e. The smallest absolute Gasteiger partial charge is 0.0465 e. The molecule has 4 bridgehead atoms. The van der Waals surface area contributed by atoms with Crippen LogP contribution in [0.3, 0.4) is 0 Å². The Hall–Kier alpha value is -8.20. The van der Waals surface area contributed by atoms with Gasteiger partial charge in [0.25, 0.3) is 0 Å². The van der Waals surface area contributed by atoms with Crippen molar-refractivity contribution in [2.24, 2.45) is 23.7 Å². The van der Waals surface area contributed by atoms with Crippen LogP contribution in [0, 0.1) is 23.7 Å². The number of hydrogen-bond donors (Lipinski definition) is 0. The zero-order valence-electron chi connectivity index (χ0n) is 43.0. The molecule has 75 heavy (non-hydrogen) atoms. The predicted molar refractivity (Wildman–Crippen MR) is 315 cm³/mol. The summed E-state index contributed by atoms with van der Waals surface area (Å²) in [5.41, 5.74) is 23.3. The van der Waals surface area contributed by atoms with Crippen molar-refractivity contribution in [3.05, 3.63) is 265 Å². The molecular weight excluding hydrogens is 905 g/mol. The van der Waals surface area contributed by atoms with E-state index < -0.39 is 0 Å². The van der Waals surface area contributed by atoms with Crippen LogP contribution in [0.1, 0.15) is 68.6 Å². The van der Waals surface area contributed by atoms with E-state index in [1.165, 1.54) is 105 Å². The second-order valence-corrected chi connectivity index (χ2v) is 22.6. The van der Waals surface area contributed by atoms with E-state index in [0.29, 0.717) is 0 Å². The number of rotatable bonds is 11. The second-order valence-electron chi connectivity index (χ2n) is 22.6. The molecule has 0 amide bonds. The lowest BCUT2D eigenvalue weighted by Crippen LogP contribution is -2.43. The van der Waals surface area contributed by atoms with E-state index in [1.54, 1.807) is 5.56 Å². The Morgan fingerprint density at radius 1 is 0.293 bits per heavy atom. The van der Waals surface area contributed by atoms with Gasteiger partial charge in [-0.15, -0.1) is 0 Å². The van der Waals surface area contributed by atoms with Gasteiger partial charge in [-0.3, -0.25) is 0 Å². The van der Waals surface area contributed by atoms with Gasteiger partial charge in [0.05, 0.1) is 0 Å². The summed E-state index contributed by atoms with van der Waals surface area (Å²) < 4.78 is 0. The Morgan fingerprint density at radius 2 is 0.653 bits per heavy atom. The van der Waals surface area contributed by atoms with Crippen molar-refractivity contribution < 1.29 is 0 Å². The first-order chi connectivity index (χ1) is 36.9. The van der Waals surface area contributed by atoms with E-state index in [9.17, 15) is 0 Å². The Bertz CT molecular complexity index is 3630. The van der Waals surface area contributed by atoms with Gasteiger partial charge in [-0.25, -0.2) is 0 Å². The largest absolute Gasteiger partial charge is 0.311 e. The lowest BCUT2D eigenvalue weighted by molar-refractivity contribution is -0.00277. The summed E-state index contributed by atoms with van der Waals surface area (Å²) in [4.78, 5) is 4.83. The molecule has 0 saturated heterocycles. The molecule has 0 N–H and O–H groups in total. The van der Waals surface area contributed by atoms with Crippen molar-refractivity contribution in [3.63, 3.8) is 0 Å². The molecule has 0 aliphatic heterocycles. The van der Waals surface area contributed by atoms with Crippen LogP contribution in [0.15, 0.2) is 249 Å². The average Bonchev–Trinajstić information content (AvgIpc) is 3.71. The monoisotopic (exact) mass is 966 g/mol. The number of fused-ring (bicyclic) bond motifs is 3. The van der Waals surface area contributed by atoms with Gasteiger partial charge in [0, 0.05) is 39.5 Å². The van der Waals surface area contributed by atoms with Crippen molar-refractivity contribution in [2.45, 2.75) is 57.3 Å². The summed E-state index contributed by atoms with van der Waals surface area (Å²) in [6, 6.07) is 92.6. The average molecular weight is 967 g/mol. The fourth-order valence-corrected chi connectivity index (χ4v) is 14.6. The summed E-state index contributed by atoms with van der Waals surface area (Å²) in [5, 5.41) is 0. The molecule has 4 fully saturated rings. The molecular formula is C73H62N2. The molecule has 2 nitrogen and oxygen atoms in total. The molecule has 0 atom stereocenters. The van der Waals surface area contributed by atoms with Gasteiger partial charge >= 0.3 is 0 Å². The van der Waals surface area contributed by atoms with Gasteiger partial charge < -0.3 is 9.80 Å². The minimum atomic E-state index is -0.102. The third kappa shape index (κ3) is 8.10. The van der Waals surface area contributed by atoms with E-state index in [1.807, 2.05) is 0 Å². The molecule has 0 heterocycles. The standard InChI is InChI=1S/C73H62N2/c1-73(2)70-26-16-15-25-64(70)65-40-39-63(46-71(65)73)75(59-23-13-6-14-24-59)62-35-29-54(30-36-62)69-48-66(51-17-7-3-8-18-51)68(47-67(69)52-19-9-4-10-20-52)53-27-33-60(34-28-53)74(58-21-11-5-12-22-58)61-37-31-55(32-38-61)72-56-42-49-41-50(44-56)45-57(72)43-49/h3-40,46-50,56-57,72H,41-45H2,1-2H3. The molecule has 364 valence electrons. The SMILES string of the molecule is CC1(C)c2ccccc2-c2ccc(N(c3ccccc3)c3ccc(-c4cc(-c5ccccc5)c(-c5ccc(N(c6ccccc6)c6ccc(C7C8CC9CC(C8)CC7C9)cc6)cc5)cc4-c4ccccc4)cc3)cc21. The van der Waals surface area contributed by atoms with Crippen LogP contribution in [0.25, 0.3) is 55.6 Å². The van der Waals surface area contributed by atoms with Crippen LogP contribution in [0.5, 0.6) is 0 Å². The van der Waals surface area contributed by atoms with E-state index >= 15 is 0 Å². The number of hydrogen-bond acceptors (Lipinski definition) is 2. The molecule has 10 aromatic carbocycles. The maximum absolute atomic E-state index is 2.46. The topological polar surface area (TPSA) is 6.48 Å². The van der Waals surface area contributed by atoms with Gasteiger partial charge in [-0.05, 0) is 219 Å². The van der Waals surface area contributed by atoms with Gasteiger partial charge in [-0.1, -0.05) is 178 Å².